The van der Waals surface area contributed by atoms with Gasteiger partial charge in [-0.3, -0.25) is 4.99 Å². The fourth-order valence-corrected chi connectivity index (χ4v) is 4.37. The molecule has 0 bridgehead atoms. The van der Waals surface area contributed by atoms with E-state index in [-0.39, 0.29) is 11.6 Å². The molecular formula is C15H27NOS. The first-order chi connectivity index (χ1) is 8.72. The average Bonchev–Trinajstić information content (AvgIpc) is 2.38. The molecule has 1 saturated carbocycles. The Morgan fingerprint density at radius 3 is 2.89 bits per heavy atom. The first kappa shape index (κ1) is 14.4. The molecule has 1 fully saturated rings. The molecule has 0 amide bonds. The van der Waals surface area contributed by atoms with Crippen LogP contribution in [-0.2, 0) is 0 Å². The highest BCUT2D eigenvalue weighted by Crippen LogP contribution is 2.45. The van der Waals surface area contributed by atoms with E-state index in [1.807, 2.05) is 11.8 Å². The molecule has 0 aromatic carbocycles. The van der Waals surface area contributed by atoms with Gasteiger partial charge in [0.2, 0.25) is 0 Å². The summed E-state index contributed by atoms with van der Waals surface area (Å²) >= 11 is 1.81. The monoisotopic (exact) mass is 269 g/mol. The fourth-order valence-electron chi connectivity index (χ4n) is 3.75. The minimum Gasteiger partial charge on any atom is -0.393 e. The second-order valence-electron chi connectivity index (χ2n) is 5.88. The zero-order chi connectivity index (χ0) is 13.0. The smallest absolute Gasteiger partial charge is 0.0680 e. The second kappa shape index (κ2) is 6.42. The van der Waals surface area contributed by atoms with Crippen LogP contribution in [-0.4, -0.2) is 28.0 Å². The summed E-state index contributed by atoms with van der Waals surface area (Å²) in [7, 11) is 0. The highest BCUT2D eigenvalue weighted by molar-refractivity contribution is 8.13. The van der Waals surface area contributed by atoms with Gasteiger partial charge in [-0.1, -0.05) is 19.8 Å². The number of aliphatic hydroxyl groups excluding tert-OH is 1. The van der Waals surface area contributed by atoms with E-state index in [2.05, 4.69) is 13.2 Å². The molecule has 1 heterocycles. The molecule has 2 aliphatic rings. The third kappa shape index (κ3) is 2.93. The van der Waals surface area contributed by atoms with Gasteiger partial charge in [0.25, 0.3) is 0 Å². The SMILES string of the molecule is CCCCC1C(O)CCCC12CCCC(SC)=N2. The van der Waals surface area contributed by atoms with Crippen LogP contribution in [0.15, 0.2) is 4.99 Å². The molecule has 1 aliphatic heterocycles. The van der Waals surface area contributed by atoms with Gasteiger partial charge >= 0.3 is 0 Å². The van der Waals surface area contributed by atoms with Crippen molar-refractivity contribution in [3.8, 4) is 0 Å². The minimum absolute atomic E-state index is 0.0867. The Morgan fingerprint density at radius 1 is 1.39 bits per heavy atom. The Hall–Kier alpha value is -0.0200. The van der Waals surface area contributed by atoms with Crippen LogP contribution in [0.3, 0.4) is 0 Å². The van der Waals surface area contributed by atoms with Gasteiger partial charge in [0.1, 0.15) is 0 Å². The van der Waals surface area contributed by atoms with Gasteiger partial charge in [-0.15, -0.1) is 11.8 Å². The van der Waals surface area contributed by atoms with Crippen molar-refractivity contribution < 1.29 is 5.11 Å². The van der Waals surface area contributed by atoms with Gasteiger partial charge in [-0.05, 0) is 51.2 Å². The van der Waals surface area contributed by atoms with Crippen LogP contribution in [0.5, 0.6) is 0 Å². The molecule has 3 unspecified atom stereocenters. The average molecular weight is 269 g/mol. The molecule has 2 nitrogen and oxygen atoms in total. The third-order valence-electron chi connectivity index (χ3n) is 4.72. The maximum absolute atomic E-state index is 10.4. The number of rotatable bonds is 3. The first-order valence-corrected chi connectivity index (χ1v) is 8.75. The second-order valence-corrected chi connectivity index (χ2v) is 6.75. The van der Waals surface area contributed by atoms with Crippen LogP contribution in [0.4, 0.5) is 0 Å². The van der Waals surface area contributed by atoms with Crippen LogP contribution >= 0.6 is 11.8 Å². The summed E-state index contributed by atoms with van der Waals surface area (Å²) in [4.78, 5) is 5.10. The van der Waals surface area contributed by atoms with Crippen molar-refractivity contribution in [2.75, 3.05) is 6.26 Å². The molecule has 1 aliphatic carbocycles. The molecule has 3 atom stereocenters. The summed E-state index contributed by atoms with van der Waals surface area (Å²) < 4.78 is 0. The van der Waals surface area contributed by atoms with Gasteiger partial charge in [0, 0.05) is 5.92 Å². The molecule has 3 heteroatoms. The van der Waals surface area contributed by atoms with E-state index in [0.717, 1.165) is 25.7 Å². The van der Waals surface area contributed by atoms with Crippen molar-refractivity contribution in [2.24, 2.45) is 10.9 Å². The summed E-state index contributed by atoms with van der Waals surface area (Å²) in [5, 5.41) is 11.7. The zero-order valence-electron chi connectivity index (χ0n) is 11.8. The van der Waals surface area contributed by atoms with Gasteiger partial charge < -0.3 is 5.11 Å². The van der Waals surface area contributed by atoms with E-state index in [4.69, 9.17) is 4.99 Å². The fraction of sp³-hybridized carbons (Fsp3) is 0.933. The molecule has 0 radical (unpaired) electrons. The lowest BCUT2D eigenvalue weighted by atomic mass is 9.66. The van der Waals surface area contributed by atoms with Crippen molar-refractivity contribution in [3.05, 3.63) is 0 Å². The number of hydrogen-bond donors (Lipinski definition) is 1. The number of unbranched alkanes of at least 4 members (excludes halogenated alkanes) is 1. The van der Waals surface area contributed by atoms with Gasteiger partial charge in [-0.25, -0.2) is 0 Å². The van der Waals surface area contributed by atoms with Crippen LogP contribution in [0.2, 0.25) is 0 Å². The van der Waals surface area contributed by atoms with Crippen molar-refractivity contribution in [1.29, 1.82) is 0 Å². The van der Waals surface area contributed by atoms with E-state index in [1.165, 1.54) is 37.1 Å². The van der Waals surface area contributed by atoms with Crippen molar-refractivity contribution >= 4 is 16.8 Å². The minimum atomic E-state index is -0.116. The Morgan fingerprint density at radius 2 is 2.17 bits per heavy atom. The summed E-state index contributed by atoms with van der Waals surface area (Å²) in [6, 6.07) is 0. The largest absolute Gasteiger partial charge is 0.393 e. The topological polar surface area (TPSA) is 32.6 Å². The standard InChI is InChI=1S/C15H27NOS/c1-3-4-7-12-13(17)8-5-10-15(12)11-6-9-14(16-15)18-2/h12-13,17H,3-11H2,1-2H3. The maximum Gasteiger partial charge on any atom is 0.0680 e. The predicted molar refractivity (Wildman–Crippen MR) is 80.4 cm³/mol. The van der Waals surface area contributed by atoms with Crippen LogP contribution in [0.25, 0.3) is 0 Å². The lowest BCUT2D eigenvalue weighted by Gasteiger charge is -2.46. The lowest BCUT2D eigenvalue weighted by molar-refractivity contribution is 0.00703. The highest BCUT2D eigenvalue weighted by Gasteiger charge is 2.45. The Kier molecular flexibility index (Phi) is 5.14. The Bertz CT molecular complexity index is 305. The van der Waals surface area contributed by atoms with Crippen molar-refractivity contribution in [3.63, 3.8) is 0 Å². The quantitative estimate of drug-likeness (QED) is 0.839. The summed E-state index contributed by atoms with van der Waals surface area (Å²) in [5.41, 5.74) is 0.0867. The normalized spacial score (nSPS) is 36.7. The van der Waals surface area contributed by atoms with Crippen molar-refractivity contribution in [2.45, 2.75) is 76.4 Å². The van der Waals surface area contributed by atoms with Crippen LogP contribution in [0, 0.1) is 5.92 Å². The lowest BCUT2D eigenvalue weighted by Crippen LogP contribution is -2.48. The van der Waals surface area contributed by atoms with E-state index >= 15 is 0 Å². The Labute approximate surface area is 116 Å². The molecule has 2 rings (SSSR count). The van der Waals surface area contributed by atoms with E-state index in [9.17, 15) is 5.11 Å². The summed E-state index contributed by atoms with van der Waals surface area (Å²) in [5.74, 6) is 0.411. The van der Waals surface area contributed by atoms with E-state index in [0.29, 0.717) is 5.92 Å². The number of aliphatic hydroxyl groups is 1. The van der Waals surface area contributed by atoms with Crippen LogP contribution < -0.4 is 0 Å². The summed E-state index contributed by atoms with van der Waals surface area (Å²) in [6.45, 7) is 2.24. The van der Waals surface area contributed by atoms with E-state index < -0.39 is 0 Å². The predicted octanol–water partition coefficient (Wildman–Crippen LogP) is 4.02. The third-order valence-corrected chi connectivity index (χ3v) is 5.48. The Balaban J connectivity index is 2.20. The van der Waals surface area contributed by atoms with Crippen LogP contribution in [0.1, 0.15) is 64.7 Å². The molecule has 0 saturated heterocycles. The van der Waals surface area contributed by atoms with Gasteiger partial charge in [-0.2, -0.15) is 0 Å². The number of thioether (sulfide) groups is 1. The zero-order valence-corrected chi connectivity index (χ0v) is 12.6. The number of hydrogen-bond acceptors (Lipinski definition) is 3. The molecular weight excluding hydrogens is 242 g/mol. The molecule has 1 spiro atoms. The molecule has 18 heavy (non-hydrogen) atoms. The first-order valence-electron chi connectivity index (χ1n) is 7.52. The highest BCUT2D eigenvalue weighted by atomic mass is 32.2. The maximum atomic E-state index is 10.4. The van der Waals surface area contributed by atoms with Gasteiger partial charge in [0.15, 0.2) is 0 Å². The van der Waals surface area contributed by atoms with E-state index in [1.54, 1.807) is 0 Å². The molecule has 1 N–H and O–H groups in total. The van der Waals surface area contributed by atoms with Crippen molar-refractivity contribution in [1.82, 2.24) is 0 Å². The van der Waals surface area contributed by atoms with Gasteiger partial charge in [0.05, 0.1) is 16.7 Å². The number of aliphatic imine (C=N–C) groups is 1. The summed E-state index contributed by atoms with van der Waals surface area (Å²) in [6.07, 6.45) is 12.6. The number of nitrogens with zero attached hydrogens (tertiary/aromatic N) is 1. The molecule has 0 aromatic heterocycles. The molecule has 0 aromatic rings. The molecule has 104 valence electrons.